The number of ether oxygens (including phenoxy) is 2. The number of aromatic nitrogens is 1. The van der Waals surface area contributed by atoms with Crippen molar-refractivity contribution >= 4 is 14.2 Å². The summed E-state index contributed by atoms with van der Waals surface area (Å²) >= 11 is 0. The maximum absolute atomic E-state index is 12.4. The van der Waals surface area contributed by atoms with Gasteiger partial charge in [0.2, 0.25) is 0 Å². The number of amides is 1. The minimum absolute atomic E-state index is 0.129. The molecule has 0 radical (unpaired) electrons. The van der Waals surface area contributed by atoms with Gasteiger partial charge in [0.05, 0.1) is 12.7 Å². The minimum Gasteiger partial charge on any atom is -0.543 e. The molecule has 0 bridgehead atoms. The first kappa shape index (κ1) is 28.9. The van der Waals surface area contributed by atoms with Gasteiger partial charge in [0, 0.05) is 31.0 Å². The van der Waals surface area contributed by atoms with Gasteiger partial charge in [-0.3, -0.25) is 4.79 Å². The van der Waals surface area contributed by atoms with E-state index in [4.69, 9.17) is 13.9 Å². The van der Waals surface area contributed by atoms with Crippen molar-refractivity contribution < 1.29 is 23.8 Å². The molecule has 0 spiro atoms. The molecule has 35 heavy (non-hydrogen) atoms. The Hall–Kier alpha value is -2.29. The van der Waals surface area contributed by atoms with Gasteiger partial charge in [0.25, 0.3) is 14.2 Å². The second-order valence-corrected chi connectivity index (χ2v) is 15.7. The predicted molar refractivity (Wildman–Crippen MR) is 144 cm³/mol. The van der Waals surface area contributed by atoms with Crippen LogP contribution in [0.2, 0.25) is 16.6 Å². The number of benzene rings is 1. The molecular weight excluding hydrogens is 460 g/mol. The Kier molecular flexibility index (Phi) is 10.4. The Bertz CT molecular complexity index is 933. The fourth-order valence-corrected chi connectivity index (χ4v) is 10.2. The summed E-state index contributed by atoms with van der Waals surface area (Å²) in [6, 6.07) is 9.54. The van der Waals surface area contributed by atoms with Crippen molar-refractivity contribution in [1.29, 1.82) is 0 Å². The molecule has 196 valence electrons. The summed E-state index contributed by atoms with van der Waals surface area (Å²) in [5.41, 5.74) is 3.37. The molecule has 0 fully saturated rings. The van der Waals surface area contributed by atoms with Crippen molar-refractivity contribution in [3.05, 3.63) is 36.0 Å². The first-order chi connectivity index (χ1) is 16.4. The molecule has 0 aliphatic heterocycles. The van der Waals surface area contributed by atoms with Gasteiger partial charge in [-0.05, 0) is 54.7 Å². The molecule has 1 aromatic carbocycles. The second kappa shape index (κ2) is 12.6. The second-order valence-electron chi connectivity index (χ2n) is 10.3. The molecule has 3 N–H and O–H groups in total. The number of nitrogens with one attached hydrogen (secondary N) is 2. The van der Waals surface area contributed by atoms with E-state index in [0.717, 1.165) is 17.0 Å². The van der Waals surface area contributed by atoms with Crippen LogP contribution in [0.25, 0.3) is 11.3 Å². The molecule has 0 saturated heterocycles. The standard InChI is InChI=1S/C27H44N2O5Si/c1-17(2)35(18(3)4,19(5)6)34-24-13-22(12-23(14-24)33-21(8)16-32-9)25-10-11-26(29-25)27(31)28-15-20(7)30/h10-14,17-21,29-30H,15-16H2,1-9H3,(H,28,31)/t20-,21+/m1/s1. The molecular formula is C27H44N2O5Si. The Labute approximate surface area is 211 Å². The lowest BCUT2D eigenvalue weighted by atomic mass is 10.1. The number of methoxy groups -OCH3 is 1. The lowest BCUT2D eigenvalue weighted by Crippen LogP contribution is -2.50. The van der Waals surface area contributed by atoms with Crippen molar-refractivity contribution in [2.24, 2.45) is 0 Å². The molecule has 8 heteroatoms. The zero-order chi connectivity index (χ0) is 26.3. The molecule has 0 aliphatic rings. The van der Waals surface area contributed by atoms with Gasteiger partial charge >= 0.3 is 0 Å². The van der Waals surface area contributed by atoms with Crippen LogP contribution in [0.4, 0.5) is 0 Å². The van der Waals surface area contributed by atoms with E-state index >= 15 is 0 Å². The number of hydrogen-bond donors (Lipinski definition) is 3. The monoisotopic (exact) mass is 504 g/mol. The summed E-state index contributed by atoms with van der Waals surface area (Å²) in [6.45, 7) is 17.8. The van der Waals surface area contributed by atoms with E-state index in [0.29, 0.717) is 34.7 Å². The topological polar surface area (TPSA) is 92.8 Å². The summed E-state index contributed by atoms with van der Waals surface area (Å²) in [7, 11) is -0.528. The normalized spacial score (nSPS) is 13.9. The van der Waals surface area contributed by atoms with E-state index in [1.165, 1.54) is 0 Å². The summed E-state index contributed by atoms with van der Waals surface area (Å²) in [4.78, 5) is 15.6. The molecule has 2 atom stereocenters. The average molecular weight is 505 g/mol. The SMILES string of the molecule is COC[C@H](C)Oc1cc(O[Si](C(C)C)(C(C)C)C(C)C)cc(-c2ccc(C(=O)NC[C@@H](C)O)[nH]2)c1. The highest BCUT2D eigenvalue weighted by molar-refractivity contribution is 6.78. The van der Waals surface area contributed by atoms with Gasteiger partial charge in [0.1, 0.15) is 23.3 Å². The van der Waals surface area contributed by atoms with Gasteiger partial charge in [-0.15, -0.1) is 0 Å². The lowest BCUT2D eigenvalue weighted by Gasteiger charge is -2.42. The predicted octanol–water partition coefficient (Wildman–Crippen LogP) is 5.76. The number of carbonyl (C=O) groups is 1. The molecule has 1 amide bonds. The van der Waals surface area contributed by atoms with E-state index in [9.17, 15) is 9.90 Å². The fraction of sp³-hybridized carbons (Fsp3) is 0.593. The molecule has 0 unspecified atom stereocenters. The molecule has 2 rings (SSSR count). The summed E-state index contributed by atoms with van der Waals surface area (Å²) in [5.74, 6) is 1.20. The van der Waals surface area contributed by atoms with E-state index in [2.05, 4.69) is 51.8 Å². The van der Waals surface area contributed by atoms with Crippen molar-refractivity contribution in [3.8, 4) is 22.8 Å². The number of aliphatic hydroxyl groups excluding tert-OH is 1. The Balaban J connectivity index is 2.49. The lowest BCUT2D eigenvalue weighted by molar-refractivity contribution is 0.0919. The molecule has 0 aliphatic carbocycles. The van der Waals surface area contributed by atoms with Crippen molar-refractivity contribution in [2.45, 2.75) is 84.2 Å². The van der Waals surface area contributed by atoms with Crippen molar-refractivity contribution in [2.75, 3.05) is 20.3 Å². The highest BCUT2D eigenvalue weighted by atomic mass is 28.4. The van der Waals surface area contributed by atoms with E-state index in [-0.39, 0.29) is 18.6 Å². The first-order valence-electron chi connectivity index (χ1n) is 12.6. The number of aromatic amines is 1. The van der Waals surface area contributed by atoms with Gasteiger partial charge in [-0.25, -0.2) is 0 Å². The van der Waals surface area contributed by atoms with E-state index in [1.807, 2.05) is 31.2 Å². The molecule has 2 aromatic rings. The van der Waals surface area contributed by atoms with Crippen LogP contribution in [0, 0.1) is 0 Å². The van der Waals surface area contributed by atoms with Crippen LogP contribution >= 0.6 is 0 Å². The van der Waals surface area contributed by atoms with Gasteiger partial charge < -0.3 is 29.3 Å². The summed E-state index contributed by atoms with van der Waals surface area (Å²) in [6.07, 6.45) is -0.737. The fourth-order valence-electron chi connectivity index (χ4n) is 4.94. The minimum atomic E-state index is -2.18. The number of carbonyl (C=O) groups excluding carboxylic acids is 1. The quantitative estimate of drug-likeness (QED) is 0.302. The number of rotatable bonds is 13. The molecule has 7 nitrogen and oxygen atoms in total. The van der Waals surface area contributed by atoms with Gasteiger partial charge in [-0.2, -0.15) is 0 Å². The number of aliphatic hydroxyl groups is 1. The molecule has 1 heterocycles. The first-order valence-corrected chi connectivity index (χ1v) is 14.7. The Morgan fingerprint density at radius 1 is 0.971 bits per heavy atom. The van der Waals surface area contributed by atoms with Crippen molar-refractivity contribution in [3.63, 3.8) is 0 Å². The van der Waals surface area contributed by atoms with Crippen LogP contribution < -0.4 is 14.5 Å². The Morgan fingerprint density at radius 3 is 2.11 bits per heavy atom. The number of H-pyrrole nitrogens is 1. The van der Waals surface area contributed by atoms with Crippen LogP contribution in [0.15, 0.2) is 30.3 Å². The third-order valence-electron chi connectivity index (χ3n) is 6.42. The average Bonchev–Trinajstić information content (AvgIpc) is 3.25. The molecule has 1 aromatic heterocycles. The van der Waals surface area contributed by atoms with Crippen LogP contribution in [0.5, 0.6) is 11.5 Å². The number of hydrogen-bond acceptors (Lipinski definition) is 5. The van der Waals surface area contributed by atoms with Crippen LogP contribution in [0.1, 0.15) is 65.9 Å². The van der Waals surface area contributed by atoms with Crippen molar-refractivity contribution in [1.82, 2.24) is 10.3 Å². The highest BCUT2D eigenvalue weighted by Crippen LogP contribution is 2.44. The largest absolute Gasteiger partial charge is 0.543 e. The zero-order valence-corrected chi connectivity index (χ0v) is 23.8. The van der Waals surface area contributed by atoms with Crippen LogP contribution in [-0.2, 0) is 4.74 Å². The van der Waals surface area contributed by atoms with E-state index < -0.39 is 14.4 Å². The third kappa shape index (κ3) is 7.35. The maximum Gasteiger partial charge on any atom is 0.267 e. The maximum atomic E-state index is 12.4. The Morgan fingerprint density at radius 2 is 1.57 bits per heavy atom. The van der Waals surface area contributed by atoms with Crippen LogP contribution in [-0.4, -0.2) is 56.8 Å². The van der Waals surface area contributed by atoms with Gasteiger partial charge in [0.15, 0.2) is 0 Å². The third-order valence-corrected chi connectivity index (χ3v) is 12.4. The summed E-state index contributed by atoms with van der Waals surface area (Å²) < 4.78 is 18.4. The van der Waals surface area contributed by atoms with Gasteiger partial charge in [-0.1, -0.05) is 41.5 Å². The van der Waals surface area contributed by atoms with E-state index in [1.54, 1.807) is 20.1 Å². The molecule has 0 saturated carbocycles. The van der Waals surface area contributed by atoms with Crippen LogP contribution in [0.3, 0.4) is 0 Å². The zero-order valence-electron chi connectivity index (χ0n) is 22.8. The smallest absolute Gasteiger partial charge is 0.267 e. The summed E-state index contributed by atoms with van der Waals surface area (Å²) in [5, 5.41) is 12.2. The highest BCUT2D eigenvalue weighted by Gasteiger charge is 2.47.